The lowest BCUT2D eigenvalue weighted by Crippen LogP contribution is -2.35. The largest absolute Gasteiger partial charge is 0.465 e. The number of amides is 1. The lowest BCUT2D eigenvalue weighted by Gasteiger charge is -2.19. The van der Waals surface area contributed by atoms with Gasteiger partial charge < -0.3 is 10.0 Å². The molecule has 1 saturated carbocycles. The molecule has 15 heavy (non-hydrogen) atoms. The average Bonchev–Trinajstić information content (AvgIpc) is 2.69. The predicted molar refractivity (Wildman–Crippen MR) is 54.6 cm³/mol. The van der Waals surface area contributed by atoms with Crippen LogP contribution in [0.3, 0.4) is 0 Å². The van der Waals surface area contributed by atoms with Crippen LogP contribution < -0.4 is 0 Å². The Balaban J connectivity index is 2.12. The second-order valence-corrected chi connectivity index (χ2v) is 4.30. The molecular formula is C11H15NO3. The fourth-order valence-corrected chi connectivity index (χ4v) is 2.84. The molecule has 1 aliphatic carbocycles. The summed E-state index contributed by atoms with van der Waals surface area (Å²) in [4.78, 5) is 24.2. The minimum atomic E-state index is -0.894. The van der Waals surface area contributed by atoms with Crippen molar-refractivity contribution in [2.75, 3.05) is 6.54 Å². The standard InChI is InChI=1S/C11H15NO3/c1-2-3-7-6-9-8(10(7)13)4-5-12(9)11(14)15/h2,7-9H,1,3-6H2,(H,14,15)/t7?,8-,9-/m1/s1. The summed E-state index contributed by atoms with van der Waals surface area (Å²) in [7, 11) is 0. The molecule has 0 aromatic heterocycles. The van der Waals surface area contributed by atoms with Gasteiger partial charge in [0.05, 0.1) is 0 Å². The quantitative estimate of drug-likeness (QED) is 0.701. The molecule has 1 saturated heterocycles. The van der Waals surface area contributed by atoms with Crippen molar-refractivity contribution in [2.24, 2.45) is 11.8 Å². The first-order chi connectivity index (χ1) is 7.15. The fraction of sp³-hybridized carbons (Fsp3) is 0.636. The molecule has 2 fully saturated rings. The molecule has 3 atom stereocenters. The number of carbonyl (C=O) groups is 2. The smallest absolute Gasteiger partial charge is 0.407 e. The Morgan fingerprint density at radius 2 is 2.40 bits per heavy atom. The number of hydrogen-bond acceptors (Lipinski definition) is 2. The van der Waals surface area contributed by atoms with Gasteiger partial charge >= 0.3 is 6.09 Å². The second-order valence-electron chi connectivity index (χ2n) is 4.30. The Bertz CT molecular complexity index is 313. The van der Waals surface area contributed by atoms with E-state index in [-0.39, 0.29) is 23.7 Å². The van der Waals surface area contributed by atoms with E-state index in [4.69, 9.17) is 5.11 Å². The van der Waals surface area contributed by atoms with Gasteiger partial charge in [0.25, 0.3) is 0 Å². The number of rotatable bonds is 2. The van der Waals surface area contributed by atoms with Crippen LogP contribution in [-0.4, -0.2) is 34.5 Å². The molecule has 1 amide bonds. The minimum Gasteiger partial charge on any atom is -0.465 e. The molecule has 0 bridgehead atoms. The highest BCUT2D eigenvalue weighted by atomic mass is 16.4. The van der Waals surface area contributed by atoms with Crippen molar-refractivity contribution >= 4 is 11.9 Å². The number of carbonyl (C=O) groups excluding carboxylic acids is 1. The maximum Gasteiger partial charge on any atom is 0.407 e. The van der Waals surface area contributed by atoms with Crippen LogP contribution >= 0.6 is 0 Å². The van der Waals surface area contributed by atoms with Crippen LogP contribution in [0.2, 0.25) is 0 Å². The molecule has 1 N–H and O–H groups in total. The van der Waals surface area contributed by atoms with Gasteiger partial charge in [0.2, 0.25) is 0 Å². The van der Waals surface area contributed by atoms with Crippen molar-refractivity contribution in [3.8, 4) is 0 Å². The summed E-state index contributed by atoms with van der Waals surface area (Å²) in [5.41, 5.74) is 0. The molecule has 1 aliphatic heterocycles. The first-order valence-corrected chi connectivity index (χ1v) is 5.29. The highest BCUT2D eigenvalue weighted by Gasteiger charge is 2.49. The number of fused-ring (bicyclic) bond motifs is 1. The zero-order valence-electron chi connectivity index (χ0n) is 8.56. The molecule has 0 spiro atoms. The summed E-state index contributed by atoms with van der Waals surface area (Å²) in [5, 5.41) is 8.96. The Hall–Kier alpha value is -1.32. The van der Waals surface area contributed by atoms with Gasteiger partial charge in [0, 0.05) is 24.4 Å². The van der Waals surface area contributed by atoms with Crippen molar-refractivity contribution in [2.45, 2.75) is 25.3 Å². The second kappa shape index (κ2) is 3.68. The summed E-state index contributed by atoms with van der Waals surface area (Å²) in [6.45, 7) is 4.14. The molecule has 0 radical (unpaired) electrons. The lowest BCUT2D eigenvalue weighted by atomic mass is 9.99. The Morgan fingerprint density at radius 3 is 3.00 bits per heavy atom. The highest BCUT2D eigenvalue weighted by Crippen LogP contribution is 2.39. The summed E-state index contributed by atoms with van der Waals surface area (Å²) in [6, 6.07) is -0.0695. The van der Waals surface area contributed by atoms with Crippen molar-refractivity contribution < 1.29 is 14.7 Å². The number of Topliss-reactive ketones (excluding diaryl/α,β-unsaturated/α-hetero) is 1. The number of carboxylic acid groups (broad SMARTS) is 1. The molecule has 0 aromatic carbocycles. The molecule has 2 rings (SSSR count). The molecule has 0 aromatic rings. The van der Waals surface area contributed by atoms with Gasteiger partial charge in [-0.2, -0.15) is 0 Å². The van der Waals surface area contributed by atoms with E-state index in [1.807, 2.05) is 0 Å². The Morgan fingerprint density at radius 1 is 1.67 bits per heavy atom. The fourth-order valence-electron chi connectivity index (χ4n) is 2.84. The normalized spacial score (nSPS) is 34.3. The highest BCUT2D eigenvalue weighted by molar-refractivity contribution is 5.88. The topological polar surface area (TPSA) is 57.6 Å². The van der Waals surface area contributed by atoms with Gasteiger partial charge in [-0.1, -0.05) is 6.08 Å². The van der Waals surface area contributed by atoms with Gasteiger partial charge in [-0.15, -0.1) is 6.58 Å². The third kappa shape index (κ3) is 1.54. The Labute approximate surface area is 88.6 Å². The van der Waals surface area contributed by atoms with E-state index >= 15 is 0 Å². The van der Waals surface area contributed by atoms with Gasteiger partial charge in [-0.05, 0) is 19.3 Å². The number of nitrogens with zero attached hydrogens (tertiary/aromatic N) is 1. The predicted octanol–water partition coefficient (Wildman–Crippen LogP) is 1.52. The summed E-state index contributed by atoms with van der Waals surface area (Å²) in [6.07, 6.45) is 2.91. The summed E-state index contributed by atoms with van der Waals surface area (Å²) >= 11 is 0. The first kappa shape index (κ1) is 10.2. The molecule has 4 heteroatoms. The zero-order valence-corrected chi connectivity index (χ0v) is 8.56. The van der Waals surface area contributed by atoms with E-state index in [0.717, 1.165) is 0 Å². The van der Waals surface area contributed by atoms with Crippen LogP contribution in [0.5, 0.6) is 0 Å². The number of hydrogen-bond donors (Lipinski definition) is 1. The van der Waals surface area contributed by atoms with E-state index in [1.54, 1.807) is 6.08 Å². The SMILES string of the molecule is C=CCC1C[C@@H]2[C@@H](CCN2C(=O)O)C1=O. The van der Waals surface area contributed by atoms with Crippen LogP contribution in [0.4, 0.5) is 4.79 Å². The van der Waals surface area contributed by atoms with Crippen LogP contribution in [0, 0.1) is 11.8 Å². The van der Waals surface area contributed by atoms with Crippen LogP contribution in [0.25, 0.3) is 0 Å². The van der Waals surface area contributed by atoms with Crippen LogP contribution in [-0.2, 0) is 4.79 Å². The van der Waals surface area contributed by atoms with Gasteiger partial charge in [-0.25, -0.2) is 4.79 Å². The summed E-state index contributed by atoms with van der Waals surface area (Å²) in [5.74, 6) is 0.189. The van der Waals surface area contributed by atoms with E-state index in [0.29, 0.717) is 25.8 Å². The lowest BCUT2D eigenvalue weighted by molar-refractivity contribution is -0.123. The van der Waals surface area contributed by atoms with Crippen LogP contribution in [0.1, 0.15) is 19.3 Å². The van der Waals surface area contributed by atoms with Gasteiger partial charge in [-0.3, -0.25) is 4.79 Å². The van der Waals surface area contributed by atoms with E-state index < -0.39 is 6.09 Å². The van der Waals surface area contributed by atoms with Gasteiger partial charge in [0.15, 0.2) is 0 Å². The first-order valence-electron chi connectivity index (χ1n) is 5.29. The third-order valence-electron chi connectivity index (χ3n) is 3.54. The van der Waals surface area contributed by atoms with Crippen molar-refractivity contribution in [1.82, 2.24) is 4.90 Å². The summed E-state index contributed by atoms with van der Waals surface area (Å²) < 4.78 is 0. The Kier molecular flexibility index (Phi) is 2.50. The maximum atomic E-state index is 11.9. The molecule has 1 heterocycles. The van der Waals surface area contributed by atoms with Crippen molar-refractivity contribution in [1.29, 1.82) is 0 Å². The van der Waals surface area contributed by atoms with Crippen LogP contribution in [0.15, 0.2) is 12.7 Å². The molecule has 1 unspecified atom stereocenters. The zero-order chi connectivity index (χ0) is 11.0. The van der Waals surface area contributed by atoms with Gasteiger partial charge in [0.1, 0.15) is 5.78 Å². The van der Waals surface area contributed by atoms with E-state index in [1.165, 1.54) is 4.90 Å². The monoisotopic (exact) mass is 209 g/mol. The average molecular weight is 209 g/mol. The van der Waals surface area contributed by atoms with Crippen molar-refractivity contribution in [3.05, 3.63) is 12.7 Å². The van der Waals surface area contributed by atoms with Crippen molar-refractivity contribution in [3.63, 3.8) is 0 Å². The number of ketones is 1. The number of allylic oxidation sites excluding steroid dienone is 1. The number of likely N-dealkylation sites (tertiary alicyclic amines) is 1. The van der Waals surface area contributed by atoms with E-state index in [2.05, 4.69) is 6.58 Å². The molecule has 82 valence electrons. The maximum absolute atomic E-state index is 11.9. The molecule has 2 aliphatic rings. The van der Waals surface area contributed by atoms with E-state index in [9.17, 15) is 9.59 Å². The minimum absolute atomic E-state index is 0.000324. The molecular weight excluding hydrogens is 194 g/mol. The molecule has 4 nitrogen and oxygen atoms in total. The third-order valence-corrected chi connectivity index (χ3v) is 3.54.